The van der Waals surface area contributed by atoms with Gasteiger partial charge in [0.25, 0.3) is 0 Å². The number of fused-ring (bicyclic) bond motifs is 1. The molecule has 0 N–H and O–H groups in total. The number of nitrogens with zero attached hydrogens (tertiary/aromatic N) is 1. The Morgan fingerprint density at radius 3 is 1.92 bits per heavy atom. The van der Waals surface area contributed by atoms with E-state index in [9.17, 15) is 14.4 Å². The Kier molecular flexibility index (Phi) is 7.23. The Bertz CT molecular complexity index is 1850. The molecule has 50 heavy (non-hydrogen) atoms. The molecule has 9 rings (SSSR count). The summed E-state index contributed by atoms with van der Waals surface area (Å²) >= 11 is 0. The van der Waals surface area contributed by atoms with Crippen LogP contribution in [0.5, 0.6) is 0 Å². The molecule has 5 saturated carbocycles. The number of likely N-dealkylation sites (tertiary alicyclic amines) is 1. The van der Waals surface area contributed by atoms with Crippen molar-refractivity contribution < 1.29 is 28.6 Å². The lowest BCUT2D eigenvalue weighted by Gasteiger charge is -2.65. The molecule has 0 radical (unpaired) electrons. The van der Waals surface area contributed by atoms with Crippen LogP contribution < -0.4 is 0 Å². The minimum atomic E-state index is -0.533. The average molecular weight is 672 g/mol. The smallest absolute Gasteiger partial charge is 0.338 e. The van der Waals surface area contributed by atoms with Gasteiger partial charge in [-0.3, -0.25) is 4.90 Å². The first-order valence-electron chi connectivity index (χ1n) is 18.4. The van der Waals surface area contributed by atoms with Crippen LogP contribution in [0.2, 0.25) is 0 Å². The Balaban J connectivity index is 1.18. The fourth-order valence-electron chi connectivity index (χ4n) is 12.7. The highest BCUT2D eigenvalue weighted by Crippen LogP contribution is 2.84. The molecule has 7 bridgehead atoms. The first-order chi connectivity index (χ1) is 24.2. The zero-order valence-electron chi connectivity index (χ0n) is 28.8. The van der Waals surface area contributed by atoms with Gasteiger partial charge in [-0.2, -0.15) is 0 Å². The van der Waals surface area contributed by atoms with Gasteiger partial charge in [-0.25, -0.2) is 14.4 Å². The summed E-state index contributed by atoms with van der Waals surface area (Å²) in [7, 11) is 0. The van der Waals surface area contributed by atoms with Crippen LogP contribution in [0.1, 0.15) is 77.0 Å². The molecule has 0 aromatic heterocycles. The summed E-state index contributed by atoms with van der Waals surface area (Å²) in [5, 5.41) is 0. The molecular formula is C43H45NO6. The normalized spacial score (nSPS) is 39.0. The third-order valence-corrected chi connectivity index (χ3v) is 14.2. The number of ether oxygens (including phenoxy) is 3. The van der Waals surface area contributed by atoms with E-state index < -0.39 is 17.6 Å². The first-order valence-corrected chi connectivity index (χ1v) is 18.4. The van der Waals surface area contributed by atoms with Crippen molar-refractivity contribution in [2.75, 3.05) is 13.1 Å². The van der Waals surface area contributed by atoms with Crippen LogP contribution in [0.4, 0.5) is 0 Å². The van der Waals surface area contributed by atoms with Gasteiger partial charge in [-0.05, 0) is 104 Å². The van der Waals surface area contributed by atoms with Gasteiger partial charge in [0.1, 0.15) is 18.3 Å². The zero-order valence-corrected chi connectivity index (χ0v) is 28.8. The molecule has 7 nitrogen and oxygen atoms in total. The maximum absolute atomic E-state index is 13.9. The van der Waals surface area contributed by atoms with Gasteiger partial charge < -0.3 is 14.2 Å². The zero-order chi connectivity index (χ0) is 34.4. The topological polar surface area (TPSA) is 82.1 Å². The van der Waals surface area contributed by atoms with Crippen LogP contribution in [0.3, 0.4) is 0 Å². The highest BCUT2D eigenvalue weighted by molar-refractivity contribution is 5.90. The second-order valence-corrected chi connectivity index (χ2v) is 16.1. The number of rotatable bonds is 7. The third-order valence-electron chi connectivity index (χ3n) is 14.2. The molecule has 3 aromatic rings. The van der Waals surface area contributed by atoms with Crippen molar-refractivity contribution >= 4 is 17.9 Å². The summed E-state index contributed by atoms with van der Waals surface area (Å²) in [6.45, 7) is 11.2. The molecule has 1 saturated heterocycles. The van der Waals surface area contributed by atoms with Crippen molar-refractivity contribution in [1.82, 2.24) is 4.90 Å². The molecule has 6 fully saturated rings. The van der Waals surface area contributed by atoms with E-state index in [-0.39, 0.29) is 58.6 Å². The number of hydrogen-bond donors (Lipinski definition) is 0. The van der Waals surface area contributed by atoms with E-state index in [0.29, 0.717) is 29.0 Å². The monoisotopic (exact) mass is 671 g/mol. The van der Waals surface area contributed by atoms with E-state index >= 15 is 0 Å². The predicted octanol–water partition coefficient (Wildman–Crippen LogP) is 7.39. The number of benzene rings is 3. The summed E-state index contributed by atoms with van der Waals surface area (Å²) in [6, 6.07) is 27.8. The van der Waals surface area contributed by atoms with Gasteiger partial charge in [0, 0.05) is 29.3 Å². The van der Waals surface area contributed by atoms with Crippen molar-refractivity contribution in [3.8, 4) is 0 Å². The summed E-state index contributed by atoms with van der Waals surface area (Å²) in [5.74, 6) is -0.600. The van der Waals surface area contributed by atoms with E-state index in [1.807, 2.05) is 66.7 Å². The second kappa shape index (κ2) is 11.4. The SMILES string of the molecule is C=C1[C@H]2C[C@@]3([C@@H]1OC(=O)c1ccccc1)[C@@H](C[C@@H]2OC(=O)c1ccccc1)[C@@]12C4[C@@H]3C[C@@H]1[C@@](C)(CC[C@@H]2OC(=O)c1ccccc1)CN4CC. The first kappa shape index (κ1) is 31.7. The molecule has 0 amide bonds. The number of piperidine rings is 1. The van der Waals surface area contributed by atoms with Gasteiger partial charge in [-0.15, -0.1) is 0 Å². The molecule has 1 unspecified atom stereocenters. The molecule has 1 aliphatic heterocycles. The Hall–Kier alpha value is -4.23. The van der Waals surface area contributed by atoms with Crippen molar-refractivity contribution in [2.24, 2.45) is 39.9 Å². The molecule has 6 aliphatic rings. The molecule has 11 atom stereocenters. The van der Waals surface area contributed by atoms with E-state index in [4.69, 9.17) is 14.2 Å². The van der Waals surface area contributed by atoms with Crippen LogP contribution in [0.15, 0.2) is 103 Å². The molecule has 5 aliphatic carbocycles. The van der Waals surface area contributed by atoms with Crippen molar-refractivity contribution in [1.29, 1.82) is 0 Å². The Morgan fingerprint density at radius 1 is 0.780 bits per heavy atom. The average Bonchev–Trinajstić information content (AvgIpc) is 3.67. The van der Waals surface area contributed by atoms with Crippen molar-refractivity contribution in [3.05, 3.63) is 120 Å². The van der Waals surface area contributed by atoms with Crippen molar-refractivity contribution in [3.63, 3.8) is 0 Å². The highest BCUT2D eigenvalue weighted by Gasteiger charge is 2.86. The van der Waals surface area contributed by atoms with Gasteiger partial charge >= 0.3 is 17.9 Å². The highest BCUT2D eigenvalue weighted by atomic mass is 16.6. The number of carbonyl (C=O) groups excluding carboxylic acids is 3. The van der Waals surface area contributed by atoms with Gasteiger partial charge in [0.05, 0.1) is 16.7 Å². The van der Waals surface area contributed by atoms with Crippen LogP contribution in [-0.2, 0) is 14.2 Å². The fraction of sp³-hybridized carbons (Fsp3) is 0.465. The summed E-state index contributed by atoms with van der Waals surface area (Å²) < 4.78 is 19.9. The molecule has 7 heteroatoms. The third kappa shape index (κ3) is 4.22. The number of carbonyl (C=O) groups is 3. The van der Waals surface area contributed by atoms with E-state index in [0.717, 1.165) is 44.3 Å². The number of esters is 3. The van der Waals surface area contributed by atoms with Gasteiger partial charge in [0.15, 0.2) is 0 Å². The second-order valence-electron chi connectivity index (χ2n) is 16.1. The van der Waals surface area contributed by atoms with Crippen LogP contribution in [-0.4, -0.2) is 60.3 Å². The van der Waals surface area contributed by atoms with Crippen molar-refractivity contribution in [2.45, 2.75) is 70.3 Å². The summed E-state index contributed by atoms with van der Waals surface area (Å²) in [5.41, 5.74) is 1.69. The maximum atomic E-state index is 13.9. The summed E-state index contributed by atoms with van der Waals surface area (Å²) in [6.07, 6.45) is 2.84. The summed E-state index contributed by atoms with van der Waals surface area (Å²) in [4.78, 5) is 44.2. The largest absolute Gasteiger partial charge is 0.458 e. The maximum Gasteiger partial charge on any atom is 0.338 e. The van der Waals surface area contributed by atoms with E-state index in [1.165, 1.54) is 0 Å². The standard InChI is InChI=1S/C43H45NO6/c1-4-44-25-41(3)21-20-35(49-39(46)28-16-10-6-11-17-28)43-33(41)22-31(36(43)44)42-24-30(26(2)37(42)50-40(47)29-18-12-7-13-19-29)32(23-34(42)43)48-38(45)27-14-8-5-9-15-27/h5-19,30-37H,2,4,20-25H2,1,3H3/t30-,31+,32+,33-,34-,35+,36?,37-,41+,42+,43+/m1/s1. The molecule has 1 heterocycles. The molecule has 258 valence electrons. The molecule has 2 spiro atoms. The Morgan fingerprint density at radius 2 is 1.34 bits per heavy atom. The van der Waals surface area contributed by atoms with Gasteiger partial charge in [-0.1, -0.05) is 75.0 Å². The minimum absolute atomic E-state index is 0.0102. The van der Waals surface area contributed by atoms with Gasteiger partial charge in [0.2, 0.25) is 0 Å². The predicted molar refractivity (Wildman–Crippen MR) is 187 cm³/mol. The van der Waals surface area contributed by atoms with E-state index in [2.05, 4.69) is 25.3 Å². The quantitative estimate of drug-likeness (QED) is 0.147. The fourth-order valence-corrected chi connectivity index (χ4v) is 12.7. The number of hydrogen-bond acceptors (Lipinski definition) is 7. The van der Waals surface area contributed by atoms with Crippen LogP contribution in [0, 0.1) is 39.9 Å². The van der Waals surface area contributed by atoms with E-state index in [1.54, 1.807) is 24.3 Å². The lowest BCUT2D eigenvalue weighted by Crippen LogP contribution is -2.69. The lowest BCUT2D eigenvalue weighted by molar-refractivity contribution is -0.218. The Labute approximate surface area is 294 Å². The van der Waals surface area contributed by atoms with Crippen LogP contribution in [0.25, 0.3) is 0 Å². The molecule has 3 aromatic carbocycles. The molecular weight excluding hydrogens is 626 g/mol. The minimum Gasteiger partial charge on any atom is -0.458 e. The van der Waals surface area contributed by atoms with Crippen LogP contribution >= 0.6 is 0 Å². The lowest BCUT2D eigenvalue weighted by atomic mass is 9.43.